The lowest BCUT2D eigenvalue weighted by molar-refractivity contribution is -0.123. The number of ether oxygens (including phenoxy) is 2. The summed E-state index contributed by atoms with van der Waals surface area (Å²) in [5, 5.41) is 3.08. The van der Waals surface area contributed by atoms with Crippen molar-refractivity contribution >= 4 is 11.9 Å². The van der Waals surface area contributed by atoms with Gasteiger partial charge in [-0.05, 0) is 31.9 Å². The summed E-state index contributed by atoms with van der Waals surface area (Å²) < 4.78 is 10.9. The Balaban J connectivity index is 1.47. The first-order valence-corrected chi connectivity index (χ1v) is 9.71. The molecule has 0 spiro atoms. The van der Waals surface area contributed by atoms with E-state index in [0.717, 1.165) is 48.6 Å². The summed E-state index contributed by atoms with van der Waals surface area (Å²) in [6.07, 6.45) is 1.67. The molecule has 2 heterocycles. The van der Waals surface area contributed by atoms with Crippen molar-refractivity contribution in [2.75, 3.05) is 38.3 Å². The van der Waals surface area contributed by atoms with Crippen LogP contribution in [0.5, 0.6) is 5.75 Å². The van der Waals surface area contributed by atoms with E-state index in [1.165, 1.54) is 0 Å². The predicted octanol–water partition coefficient (Wildman–Crippen LogP) is 1.98. The van der Waals surface area contributed by atoms with E-state index in [2.05, 4.69) is 20.2 Å². The normalized spacial score (nSPS) is 17.9. The molecule has 28 heavy (non-hydrogen) atoms. The molecule has 2 fully saturated rings. The van der Waals surface area contributed by atoms with E-state index in [1.54, 1.807) is 7.11 Å². The van der Waals surface area contributed by atoms with E-state index in [0.29, 0.717) is 25.7 Å². The topological polar surface area (TPSA) is 76.6 Å². The highest BCUT2D eigenvalue weighted by molar-refractivity contribution is 5.92. The van der Waals surface area contributed by atoms with Gasteiger partial charge in [-0.25, -0.2) is 9.97 Å². The van der Waals surface area contributed by atoms with Gasteiger partial charge in [0.25, 0.3) is 0 Å². The highest BCUT2D eigenvalue weighted by Crippen LogP contribution is 2.51. The first kappa shape index (κ1) is 18.7. The minimum Gasteiger partial charge on any atom is -0.496 e. The number of aryl methyl sites for hydroxylation is 1. The fraction of sp³-hybridized carbons (Fsp3) is 0.476. The number of morpholine rings is 1. The molecule has 4 rings (SSSR count). The number of hydrogen-bond acceptors (Lipinski definition) is 6. The predicted molar refractivity (Wildman–Crippen MR) is 106 cm³/mol. The van der Waals surface area contributed by atoms with Gasteiger partial charge in [0.1, 0.15) is 5.75 Å². The molecule has 1 amide bonds. The van der Waals surface area contributed by atoms with Gasteiger partial charge in [-0.15, -0.1) is 0 Å². The van der Waals surface area contributed by atoms with Crippen LogP contribution in [0.2, 0.25) is 0 Å². The van der Waals surface area contributed by atoms with Crippen molar-refractivity contribution in [1.82, 2.24) is 15.3 Å². The number of methoxy groups -OCH3 is 1. The van der Waals surface area contributed by atoms with E-state index in [9.17, 15) is 4.79 Å². The molecule has 148 valence electrons. The van der Waals surface area contributed by atoms with Crippen LogP contribution in [0.1, 0.15) is 29.8 Å². The second-order valence-corrected chi connectivity index (χ2v) is 7.37. The third-order valence-corrected chi connectivity index (χ3v) is 5.43. The Bertz CT molecular complexity index is 860. The van der Waals surface area contributed by atoms with E-state index < -0.39 is 5.41 Å². The van der Waals surface area contributed by atoms with Crippen LogP contribution >= 0.6 is 0 Å². The number of benzene rings is 1. The average molecular weight is 382 g/mol. The van der Waals surface area contributed by atoms with Gasteiger partial charge in [-0.2, -0.15) is 0 Å². The molecule has 2 aliphatic rings. The largest absolute Gasteiger partial charge is 0.496 e. The summed E-state index contributed by atoms with van der Waals surface area (Å²) in [7, 11) is 1.64. The maximum atomic E-state index is 13.0. The lowest BCUT2D eigenvalue weighted by Gasteiger charge is -2.27. The summed E-state index contributed by atoms with van der Waals surface area (Å²) in [4.78, 5) is 24.3. The number of carbonyl (C=O) groups is 1. The van der Waals surface area contributed by atoms with Gasteiger partial charge in [0.05, 0.1) is 38.0 Å². The fourth-order valence-electron chi connectivity index (χ4n) is 3.74. The molecule has 0 radical (unpaired) electrons. The van der Waals surface area contributed by atoms with E-state index in [4.69, 9.17) is 9.47 Å². The number of amides is 1. The minimum atomic E-state index is -0.484. The number of rotatable bonds is 6. The van der Waals surface area contributed by atoms with Gasteiger partial charge in [0.2, 0.25) is 11.9 Å². The zero-order chi connectivity index (χ0) is 19.6. The summed E-state index contributed by atoms with van der Waals surface area (Å²) in [5.41, 5.74) is 2.19. The Morgan fingerprint density at radius 3 is 2.71 bits per heavy atom. The molecule has 0 unspecified atom stereocenters. The second-order valence-electron chi connectivity index (χ2n) is 7.37. The van der Waals surface area contributed by atoms with Crippen molar-refractivity contribution in [3.63, 3.8) is 0 Å². The third kappa shape index (κ3) is 3.67. The van der Waals surface area contributed by atoms with Crippen LogP contribution in [0.3, 0.4) is 0 Å². The van der Waals surface area contributed by atoms with E-state index >= 15 is 0 Å². The first-order chi connectivity index (χ1) is 13.6. The van der Waals surface area contributed by atoms with Gasteiger partial charge in [0, 0.05) is 24.3 Å². The molecule has 1 aliphatic carbocycles. The number of nitrogens with one attached hydrogen (secondary N) is 1. The molecule has 0 bridgehead atoms. The van der Waals surface area contributed by atoms with Gasteiger partial charge in [-0.3, -0.25) is 4.79 Å². The maximum Gasteiger partial charge on any atom is 0.231 e. The molecule has 0 atom stereocenters. The van der Waals surface area contributed by atoms with Gasteiger partial charge >= 0.3 is 0 Å². The molecule has 1 aromatic heterocycles. The maximum absolute atomic E-state index is 13.0. The zero-order valence-electron chi connectivity index (χ0n) is 16.4. The first-order valence-electron chi connectivity index (χ1n) is 9.71. The van der Waals surface area contributed by atoms with Crippen LogP contribution in [0.15, 0.2) is 30.3 Å². The standard InChI is InChI=1S/C21H26N4O3/c1-15-13-16(24-20(23-15)25-9-11-28-12-10-25)14-22-19(26)21(7-8-21)17-5-3-4-6-18(17)27-2/h3-6,13H,7-12,14H2,1-2H3,(H,22,26). The quantitative estimate of drug-likeness (QED) is 0.823. The van der Waals surface area contributed by atoms with Crippen molar-refractivity contribution < 1.29 is 14.3 Å². The summed E-state index contributed by atoms with van der Waals surface area (Å²) in [6.45, 7) is 5.28. The molecule has 2 aromatic rings. The summed E-state index contributed by atoms with van der Waals surface area (Å²) in [5.74, 6) is 1.50. The van der Waals surface area contributed by atoms with Crippen LogP contribution in [-0.2, 0) is 21.5 Å². The van der Waals surface area contributed by atoms with Crippen LogP contribution in [0.25, 0.3) is 0 Å². The number of para-hydroxylation sites is 1. The highest BCUT2D eigenvalue weighted by Gasteiger charge is 2.52. The van der Waals surface area contributed by atoms with Crippen LogP contribution in [-0.4, -0.2) is 49.3 Å². The zero-order valence-corrected chi connectivity index (χ0v) is 16.4. The van der Waals surface area contributed by atoms with Crippen molar-refractivity contribution in [1.29, 1.82) is 0 Å². The Morgan fingerprint density at radius 1 is 1.25 bits per heavy atom. The van der Waals surface area contributed by atoms with Crippen molar-refractivity contribution in [2.45, 2.75) is 31.7 Å². The lowest BCUT2D eigenvalue weighted by atomic mass is 9.94. The number of carbonyl (C=O) groups excluding carboxylic acids is 1. The Hall–Kier alpha value is -2.67. The number of nitrogens with zero attached hydrogens (tertiary/aromatic N) is 3. The molecule has 1 saturated heterocycles. The van der Waals surface area contributed by atoms with Crippen molar-refractivity contribution in [3.8, 4) is 5.75 Å². The molecule has 1 aliphatic heterocycles. The average Bonchev–Trinajstić information content (AvgIpc) is 3.54. The lowest BCUT2D eigenvalue weighted by Crippen LogP contribution is -2.38. The highest BCUT2D eigenvalue weighted by atomic mass is 16.5. The molecular formula is C21H26N4O3. The Morgan fingerprint density at radius 2 is 2.00 bits per heavy atom. The fourth-order valence-corrected chi connectivity index (χ4v) is 3.74. The number of hydrogen-bond donors (Lipinski definition) is 1. The molecule has 1 aromatic carbocycles. The van der Waals surface area contributed by atoms with E-state index in [1.807, 2.05) is 37.3 Å². The van der Waals surface area contributed by atoms with Crippen LogP contribution in [0.4, 0.5) is 5.95 Å². The smallest absolute Gasteiger partial charge is 0.231 e. The molecule has 7 nitrogen and oxygen atoms in total. The SMILES string of the molecule is COc1ccccc1C1(C(=O)NCc2cc(C)nc(N3CCOCC3)n2)CC1. The van der Waals surface area contributed by atoms with Crippen LogP contribution in [0, 0.1) is 6.92 Å². The van der Waals surface area contributed by atoms with Crippen LogP contribution < -0.4 is 15.0 Å². The third-order valence-electron chi connectivity index (χ3n) is 5.43. The van der Waals surface area contributed by atoms with Crippen molar-refractivity contribution in [3.05, 3.63) is 47.3 Å². The summed E-state index contributed by atoms with van der Waals surface area (Å²) in [6, 6.07) is 9.69. The second kappa shape index (κ2) is 7.75. The van der Waals surface area contributed by atoms with Gasteiger partial charge < -0.3 is 19.7 Å². The minimum absolute atomic E-state index is 0.0289. The summed E-state index contributed by atoms with van der Waals surface area (Å²) >= 11 is 0. The van der Waals surface area contributed by atoms with Gasteiger partial charge in [0.15, 0.2) is 0 Å². The molecule has 7 heteroatoms. The van der Waals surface area contributed by atoms with Gasteiger partial charge in [-0.1, -0.05) is 18.2 Å². The number of aromatic nitrogens is 2. The van der Waals surface area contributed by atoms with E-state index in [-0.39, 0.29) is 5.91 Å². The van der Waals surface area contributed by atoms with Crippen molar-refractivity contribution in [2.24, 2.45) is 0 Å². The molecule has 1 saturated carbocycles. The Labute approximate surface area is 165 Å². The molecular weight excluding hydrogens is 356 g/mol. The Kier molecular flexibility index (Phi) is 5.17. The molecule has 1 N–H and O–H groups in total. The number of anilines is 1. The monoisotopic (exact) mass is 382 g/mol.